The third-order valence-electron chi connectivity index (χ3n) is 7.76. The topological polar surface area (TPSA) is 0 Å². The van der Waals surface area contributed by atoms with Crippen molar-refractivity contribution in [2.75, 3.05) is 0 Å². The number of fused-ring (bicyclic) bond motifs is 3. The fourth-order valence-corrected chi connectivity index (χ4v) is 5.82. The number of hydrogen-bond acceptors (Lipinski definition) is 0. The van der Waals surface area contributed by atoms with Crippen LogP contribution in [0.1, 0.15) is 123 Å². The van der Waals surface area contributed by atoms with Crippen molar-refractivity contribution in [1.29, 1.82) is 0 Å². The molecule has 2 aliphatic carbocycles. The Morgan fingerprint density at radius 1 is 0.829 bits per heavy atom. The van der Waals surface area contributed by atoms with Crippen LogP contribution in [-0.2, 0) is 10.8 Å². The van der Waals surface area contributed by atoms with Crippen molar-refractivity contribution in [2.24, 2.45) is 0 Å². The number of rotatable bonds is 7. The van der Waals surface area contributed by atoms with E-state index in [1.165, 1.54) is 77.1 Å². The first-order valence-electron chi connectivity index (χ1n) is 14.0. The van der Waals surface area contributed by atoms with Crippen LogP contribution in [0.4, 0.5) is 0 Å². The van der Waals surface area contributed by atoms with E-state index in [1.54, 1.807) is 16.4 Å². The summed E-state index contributed by atoms with van der Waals surface area (Å²) in [6, 6.07) is 9.77. The van der Waals surface area contributed by atoms with Gasteiger partial charge in [-0.1, -0.05) is 110 Å². The van der Waals surface area contributed by atoms with Gasteiger partial charge < -0.3 is 0 Å². The zero-order valence-electron chi connectivity index (χ0n) is 23.6. The standard InChI is InChI=1S/C35H46/c1-9-11-15-24(16-12-10-2)29-23-30-28-20-19-27(34(3,4)5)21-26(28)22-31(30)32(25-17-13-14-18-25)33(29)35(6,7)8/h13-14,17,19-23H,9-12,15-16,18H2,1-8H3. The molecule has 0 saturated carbocycles. The predicted octanol–water partition coefficient (Wildman–Crippen LogP) is 8.97. The minimum absolute atomic E-state index is 0.0754. The summed E-state index contributed by atoms with van der Waals surface area (Å²) >= 11 is 0. The minimum atomic E-state index is 0.0754. The Balaban J connectivity index is 2.11. The molecule has 0 nitrogen and oxygen atoms in total. The van der Waals surface area contributed by atoms with Gasteiger partial charge in [0.15, 0.2) is 0 Å². The summed E-state index contributed by atoms with van der Waals surface area (Å²) in [6.45, 7) is 18.8. The highest BCUT2D eigenvalue weighted by Crippen LogP contribution is 2.37. The Morgan fingerprint density at radius 2 is 1.51 bits per heavy atom. The van der Waals surface area contributed by atoms with Gasteiger partial charge in [-0.15, -0.1) is 0 Å². The number of benzene rings is 2. The minimum Gasteiger partial charge on any atom is -0.0801 e. The molecule has 0 saturated heterocycles. The maximum atomic E-state index is 2.59. The van der Waals surface area contributed by atoms with E-state index >= 15 is 0 Å². The van der Waals surface area contributed by atoms with Crippen LogP contribution >= 0.6 is 0 Å². The summed E-state index contributed by atoms with van der Waals surface area (Å²) in [4.78, 5) is 0. The molecule has 35 heavy (non-hydrogen) atoms. The highest BCUT2D eigenvalue weighted by Gasteiger charge is 2.28. The Hall–Kier alpha value is -2.34. The first kappa shape index (κ1) is 25.7. The van der Waals surface area contributed by atoms with Crippen LogP contribution < -0.4 is 10.4 Å². The van der Waals surface area contributed by atoms with E-state index in [9.17, 15) is 0 Å². The Labute approximate surface area is 214 Å². The van der Waals surface area contributed by atoms with Crippen LogP contribution in [0.25, 0.3) is 28.3 Å². The van der Waals surface area contributed by atoms with Gasteiger partial charge in [0.05, 0.1) is 0 Å². The summed E-state index contributed by atoms with van der Waals surface area (Å²) in [7, 11) is 0. The van der Waals surface area contributed by atoms with E-state index in [1.807, 2.05) is 0 Å². The summed E-state index contributed by atoms with van der Waals surface area (Å²) < 4.78 is 0. The SMILES string of the molecule is CCCCC(CCCC)=c1cc2c(c(C3=CC=CC3)c1C(C)(C)C)=Cc1cc(C(C)(C)C)ccc1-2. The second kappa shape index (κ2) is 9.96. The van der Waals surface area contributed by atoms with Crippen molar-refractivity contribution in [1.82, 2.24) is 0 Å². The van der Waals surface area contributed by atoms with Crippen molar-refractivity contribution < 1.29 is 0 Å². The Morgan fingerprint density at radius 3 is 2.06 bits per heavy atom. The van der Waals surface area contributed by atoms with E-state index < -0.39 is 0 Å². The maximum absolute atomic E-state index is 2.59. The van der Waals surface area contributed by atoms with Crippen LogP contribution in [0.2, 0.25) is 0 Å². The van der Waals surface area contributed by atoms with E-state index in [-0.39, 0.29) is 10.8 Å². The van der Waals surface area contributed by atoms with E-state index in [0.29, 0.717) is 0 Å². The summed E-state index contributed by atoms with van der Waals surface area (Å²) in [5.74, 6) is 0. The first-order chi connectivity index (χ1) is 16.6. The Kier molecular flexibility index (Phi) is 7.33. The molecule has 0 bridgehead atoms. The van der Waals surface area contributed by atoms with Gasteiger partial charge in [-0.05, 0) is 104 Å². The molecule has 0 spiro atoms. The van der Waals surface area contributed by atoms with Crippen LogP contribution in [0.15, 0.2) is 42.5 Å². The molecule has 0 radical (unpaired) electrons. The summed E-state index contributed by atoms with van der Waals surface area (Å²) in [5, 5.41) is 2.99. The molecular weight excluding hydrogens is 420 g/mol. The normalized spacial score (nSPS) is 14.6. The fraction of sp³-hybridized carbons (Fsp3) is 0.486. The average molecular weight is 467 g/mol. The van der Waals surface area contributed by atoms with Gasteiger partial charge in [0, 0.05) is 0 Å². The van der Waals surface area contributed by atoms with E-state index in [4.69, 9.17) is 0 Å². The summed E-state index contributed by atoms with van der Waals surface area (Å²) in [6.07, 6.45) is 17.9. The molecule has 0 heterocycles. The average Bonchev–Trinajstić information content (AvgIpc) is 3.44. The van der Waals surface area contributed by atoms with Crippen molar-refractivity contribution in [3.63, 3.8) is 0 Å². The monoisotopic (exact) mass is 466 g/mol. The molecule has 0 fully saturated rings. The lowest BCUT2D eigenvalue weighted by atomic mass is 9.76. The van der Waals surface area contributed by atoms with Gasteiger partial charge in [0.25, 0.3) is 0 Å². The van der Waals surface area contributed by atoms with Crippen LogP contribution in [0.5, 0.6) is 0 Å². The number of allylic oxidation sites excluding steroid dienone is 4. The van der Waals surface area contributed by atoms with Gasteiger partial charge >= 0.3 is 0 Å². The quantitative estimate of drug-likeness (QED) is 0.326. The van der Waals surface area contributed by atoms with Crippen molar-refractivity contribution in [2.45, 2.75) is 111 Å². The lowest BCUT2D eigenvalue weighted by Gasteiger charge is -2.27. The highest BCUT2D eigenvalue weighted by atomic mass is 14.3. The number of hydrogen-bond donors (Lipinski definition) is 0. The second-order valence-corrected chi connectivity index (χ2v) is 12.7. The maximum Gasteiger partial charge on any atom is -0.00881 e. The molecule has 0 atom stereocenters. The molecule has 0 N–H and O–H groups in total. The first-order valence-corrected chi connectivity index (χ1v) is 14.0. The predicted molar refractivity (Wildman–Crippen MR) is 156 cm³/mol. The van der Waals surface area contributed by atoms with Crippen molar-refractivity contribution in [3.8, 4) is 11.1 Å². The van der Waals surface area contributed by atoms with Crippen LogP contribution in [-0.4, -0.2) is 0 Å². The fourth-order valence-electron chi connectivity index (χ4n) is 5.82. The molecule has 2 aromatic carbocycles. The van der Waals surface area contributed by atoms with Gasteiger partial charge in [-0.25, -0.2) is 0 Å². The molecule has 0 amide bonds. The molecular formula is C35H46. The second-order valence-electron chi connectivity index (χ2n) is 12.7. The molecule has 0 heteroatoms. The molecule has 4 rings (SSSR count). The lowest BCUT2D eigenvalue weighted by molar-refractivity contribution is 0.582. The van der Waals surface area contributed by atoms with E-state index in [2.05, 4.69) is 104 Å². The van der Waals surface area contributed by atoms with Gasteiger partial charge in [-0.2, -0.15) is 0 Å². The van der Waals surface area contributed by atoms with Crippen LogP contribution in [0, 0.1) is 0 Å². The molecule has 0 aliphatic heterocycles. The molecule has 0 aromatic heterocycles. The van der Waals surface area contributed by atoms with Crippen LogP contribution in [0.3, 0.4) is 0 Å². The third kappa shape index (κ3) is 5.13. The van der Waals surface area contributed by atoms with E-state index in [0.717, 1.165) is 6.42 Å². The van der Waals surface area contributed by atoms with Gasteiger partial charge in [-0.3, -0.25) is 0 Å². The smallest absolute Gasteiger partial charge is 0.00881 e. The zero-order chi connectivity index (χ0) is 25.4. The molecule has 0 unspecified atom stereocenters. The largest absolute Gasteiger partial charge is 0.0801 e. The highest BCUT2D eigenvalue weighted by molar-refractivity contribution is 5.89. The summed E-state index contributed by atoms with van der Waals surface area (Å²) in [5.41, 5.74) is 12.1. The molecule has 2 aliphatic rings. The van der Waals surface area contributed by atoms with Crippen molar-refractivity contribution >= 4 is 17.2 Å². The van der Waals surface area contributed by atoms with Gasteiger partial charge in [0.1, 0.15) is 0 Å². The zero-order valence-corrected chi connectivity index (χ0v) is 23.6. The lowest BCUT2D eigenvalue weighted by Crippen LogP contribution is -2.32. The molecule has 2 aromatic rings. The van der Waals surface area contributed by atoms with Gasteiger partial charge in [0.2, 0.25) is 0 Å². The number of unbranched alkanes of at least 4 members (excludes halogenated alkanes) is 2. The van der Waals surface area contributed by atoms with Crippen molar-refractivity contribution in [3.05, 3.63) is 75.2 Å². The third-order valence-corrected chi connectivity index (χ3v) is 7.76. The Bertz CT molecular complexity index is 1270. The molecule has 186 valence electrons.